The van der Waals surface area contributed by atoms with Gasteiger partial charge in [-0.25, -0.2) is 0 Å². The second-order valence-corrected chi connectivity index (χ2v) is 5.22. The molecule has 1 saturated carbocycles. The molecular formula is C20H7N4NaO2+. The molecule has 119 valence electrons. The van der Waals surface area contributed by atoms with Gasteiger partial charge in [0.25, 0.3) is 0 Å². The van der Waals surface area contributed by atoms with E-state index in [-0.39, 0.29) is 64.9 Å². The Morgan fingerprint density at radius 1 is 0.741 bits per heavy atom. The van der Waals surface area contributed by atoms with Crippen molar-refractivity contribution in [3.63, 3.8) is 0 Å². The van der Waals surface area contributed by atoms with E-state index >= 15 is 0 Å². The van der Waals surface area contributed by atoms with Gasteiger partial charge in [0, 0.05) is 0 Å². The van der Waals surface area contributed by atoms with Gasteiger partial charge in [-0.3, -0.25) is 4.79 Å². The van der Waals surface area contributed by atoms with E-state index in [1.165, 1.54) is 0 Å². The van der Waals surface area contributed by atoms with E-state index in [2.05, 4.69) is 0 Å². The summed E-state index contributed by atoms with van der Waals surface area (Å²) in [5.74, 6) is -2.35. The number of carbonyl (C=O) groups excluding carboxylic acids is 1. The first-order chi connectivity index (χ1) is 12.6. The van der Waals surface area contributed by atoms with Gasteiger partial charge in [-0.1, -0.05) is 30.3 Å². The van der Waals surface area contributed by atoms with Crippen molar-refractivity contribution >= 4 is 16.7 Å². The van der Waals surface area contributed by atoms with Gasteiger partial charge in [-0.15, -0.1) is 0 Å². The molecule has 2 aromatic rings. The smallest absolute Gasteiger partial charge is 0.426 e. The maximum Gasteiger partial charge on any atom is 1.00 e. The fourth-order valence-corrected chi connectivity index (χ4v) is 2.67. The fraction of sp³-hybridized carbons (Fsp3) is 0. The third-order valence-electron chi connectivity index (χ3n) is 3.83. The number of nitrogens with zero attached hydrogens (tertiary/aromatic N) is 4. The van der Waals surface area contributed by atoms with Gasteiger partial charge in [0.2, 0.25) is 0 Å². The van der Waals surface area contributed by atoms with Crippen molar-refractivity contribution in [2.24, 2.45) is 0 Å². The van der Waals surface area contributed by atoms with E-state index < -0.39 is 5.97 Å². The van der Waals surface area contributed by atoms with Crippen molar-refractivity contribution in [2.75, 3.05) is 0 Å². The number of hydrogen-bond acceptors (Lipinski definition) is 6. The Labute approximate surface area is 178 Å². The molecule has 0 spiro atoms. The van der Waals surface area contributed by atoms with Crippen LogP contribution in [0, 0.1) is 74.9 Å². The average Bonchev–Trinajstić information content (AvgIpc) is 3.00. The molecule has 0 atom stereocenters. The van der Waals surface area contributed by atoms with E-state index in [0.717, 1.165) is 10.8 Å². The van der Waals surface area contributed by atoms with Crippen LogP contribution in [0.2, 0.25) is 0 Å². The maximum atomic E-state index is 12.6. The molecule has 0 aliphatic heterocycles. The van der Waals surface area contributed by atoms with E-state index in [1.807, 2.05) is 24.3 Å². The minimum Gasteiger partial charge on any atom is -0.426 e. The first-order valence-corrected chi connectivity index (χ1v) is 7.32. The number of hydrogen-bond donors (Lipinski definition) is 0. The molecule has 0 saturated heterocycles. The Kier molecular flexibility index (Phi) is 6.57. The molecule has 1 aliphatic carbocycles. The zero-order valence-electron chi connectivity index (χ0n) is 14.1. The summed E-state index contributed by atoms with van der Waals surface area (Å²) in [5, 5.41) is 38.7. The van der Waals surface area contributed by atoms with Gasteiger partial charge in [-0.2, -0.15) is 21.0 Å². The third-order valence-corrected chi connectivity index (χ3v) is 3.83. The van der Waals surface area contributed by atoms with Gasteiger partial charge in [-0.05, 0) is 22.9 Å². The molecule has 0 aromatic heterocycles. The molecule has 0 unspecified atom stereocenters. The molecule has 6 nitrogen and oxygen atoms in total. The number of benzene rings is 2. The summed E-state index contributed by atoms with van der Waals surface area (Å²) >= 11 is 0. The number of esters is 1. The summed E-state index contributed by atoms with van der Waals surface area (Å²) in [6.45, 7) is 0. The molecule has 0 heterocycles. The van der Waals surface area contributed by atoms with Crippen molar-refractivity contribution in [1.29, 1.82) is 21.0 Å². The number of rotatable bonds is 2. The molecule has 1 fully saturated rings. The minimum absolute atomic E-state index is 0. The maximum absolute atomic E-state index is 12.6. The monoisotopic (exact) mass is 358 g/mol. The average molecular weight is 358 g/mol. The molecule has 0 amide bonds. The predicted molar refractivity (Wildman–Crippen MR) is 88.3 cm³/mol. The quantitative estimate of drug-likeness (QED) is 0.414. The number of fused-ring (bicyclic) bond motifs is 1. The number of nitriles is 4. The van der Waals surface area contributed by atoms with Crippen LogP contribution in [-0.4, -0.2) is 5.97 Å². The standard InChI is InChI=1S/C20H7N4O2.Na/c21-8-15-16(9-22)18(11-24)19(17(15)10-23)20(25)26-14-6-5-12-3-1-2-4-13(12)7-14;/h1-7H;/q;+1. The van der Waals surface area contributed by atoms with E-state index in [9.17, 15) is 25.8 Å². The summed E-state index contributed by atoms with van der Waals surface area (Å²) in [5.41, 5.74) is 0. The third kappa shape index (κ3) is 3.66. The van der Waals surface area contributed by atoms with Crippen molar-refractivity contribution in [3.05, 3.63) is 72.1 Å². The van der Waals surface area contributed by atoms with Gasteiger partial charge >= 0.3 is 35.5 Å². The van der Waals surface area contributed by atoms with E-state index in [1.54, 1.807) is 42.5 Å². The fourth-order valence-electron chi connectivity index (χ4n) is 2.67. The van der Waals surface area contributed by atoms with Crippen LogP contribution in [0.5, 0.6) is 5.75 Å². The zero-order valence-corrected chi connectivity index (χ0v) is 16.1. The largest absolute Gasteiger partial charge is 1.00 e. The van der Waals surface area contributed by atoms with Crippen molar-refractivity contribution < 1.29 is 39.1 Å². The van der Waals surface area contributed by atoms with Crippen LogP contribution in [0.25, 0.3) is 10.8 Å². The Balaban J connectivity index is 0.00000261. The first kappa shape index (κ1) is 20.4. The molecule has 27 heavy (non-hydrogen) atoms. The predicted octanol–water partition coefficient (Wildman–Crippen LogP) is -0.270. The summed E-state index contributed by atoms with van der Waals surface area (Å²) in [4.78, 5) is 12.6. The number of carbonyl (C=O) groups is 1. The van der Waals surface area contributed by atoms with Crippen molar-refractivity contribution in [2.45, 2.75) is 0 Å². The summed E-state index contributed by atoms with van der Waals surface area (Å²) < 4.78 is 5.29. The van der Waals surface area contributed by atoms with E-state index in [4.69, 9.17) is 4.74 Å². The normalized spacial score (nSPS) is 15.9. The first-order valence-electron chi connectivity index (χ1n) is 7.32. The Morgan fingerprint density at radius 3 is 1.78 bits per heavy atom. The Morgan fingerprint density at radius 2 is 1.26 bits per heavy atom. The second-order valence-electron chi connectivity index (χ2n) is 5.22. The minimum atomic E-state index is -0.966. The summed E-state index contributed by atoms with van der Waals surface area (Å²) in [6, 6.07) is 19.3. The van der Waals surface area contributed by atoms with Gasteiger partial charge in [0.15, 0.2) is 0 Å². The summed E-state index contributed by atoms with van der Waals surface area (Å²) in [6.07, 6.45) is 0. The van der Waals surface area contributed by atoms with Crippen LogP contribution in [0.1, 0.15) is 0 Å². The van der Waals surface area contributed by atoms with Gasteiger partial charge in [0.1, 0.15) is 35.3 Å². The van der Waals surface area contributed by atoms with Crippen LogP contribution in [0.3, 0.4) is 0 Å². The molecule has 0 bridgehead atoms. The van der Waals surface area contributed by atoms with Crippen LogP contribution in [0.15, 0.2) is 42.5 Å². The molecule has 3 rings (SSSR count). The Bertz CT molecular complexity index is 1000. The zero-order chi connectivity index (χ0) is 18.7. The molecule has 1 aliphatic rings. The molecule has 0 N–H and O–H groups in total. The SMILES string of the molecule is N#C[C]1[C](C#N)[C](C#N)[C](C(=O)Oc2ccc3ccccc3c2)[C]1C#N.[Na+]. The van der Waals surface area contributed by atoms with E-state index in [0.29, 0.717) is 0 Å². The molecule has 5 radical (unpaired) electrons. The van der Waals surface area contributed by atoms with Crippen LogP contribution in [-0.2, 0) is 4.79 Å². The van der Waals surface area contributed by atoms with Crippen molar-refractivity contribution in [1.82, 2.24) is 0 Å². The summed E-state index contributed by atoms with van der Waals surface area (Å²) in [7, 11) is 0. The van der Waals surface area contributed by atoms with Crippen LogP contribution < -0.4 is 34.3 Å². The van der Waals surface area contributed by atoms with Crippen molar-refractivity contribution in [3.8, 4) is 30.0 Å². The second kappa shape index (κ2) is 8.68. The number of ether oxygens (including phenoxy) is 1. The topological polar surface area (TPSA) is 121 Å². The van der Waals surface area contributed by atoms with Gasteiger partial charge in [0.05, 0.1) is 24.3 Å². The molecule has 7 heteroatoms. The molecule has 2 aromatic carbocycles. The van der Waals surface area contributed by atoms with Crippen LogP contribution in [0.4, 0.5) is 0 Å². The van der Waals surface area contributed by atoms with Crippen LogP contribution >= 0.6 is 0 Å². The Hall–Kier alpha value is -2.87. The molecular weight excluding hydrogens is 351 g/mol. The van der Waals surface area contributed by atoms with Gasteiger partial charge < -0.3 is 4.74 Å².